The molecular weight excluding hydrogens is 242 g/mol. The first-order chi connectivity index (χ1) is 9.05. The summed E-state index contributed by atoms with van der Waals surface area (Å²) in [4.78, 5) is 12.6. The first-order valence-corrected chi connectivity index (χ1v) is 7.34. The van der Waals surface area contributed by atoms with Gasteiger partial charge in [0.05, 0.1) is 0 Å². The van der Waals surface area contributed by atoms with Crippen molar-refractivity contribution in [1.29, 1.82) is 0 Å². The predicted octanol–water partition coefficient (Wildman–Crippen LogP) is 2.23. The third-order valence-corrected chi connectivity index (χ3v) is 4.15. The molecule has 0 aromatic carbocycles. The van der Waals surface area contributed by atoms with Crippen LogP contribution in [0.5, 0.6) is 0 Å². The molecule has 0 aliphatic heterocycles. The largest absolute Gasteiger partial charge is 0.409 e. The number of carbonyl (C=O) groups is 1. The maximum Gasteiger partial charge on any atom is 0.234 e. The molecular formula is C14H27N3O2. The zero-order valence-electron chi connectivity index (χ0n) is 12.3. The molecule has 0 saturated heterocycles. The van der Waals surface area contributed by atoms with E-state index in [1.807, 2.05) is 13.8 Å². The molecule has 0 aromatic rings. The van der Waals surface area contributed by atoms with Crippen molar-refractivity contribution in [3.63, 3.8) is 0 Å². The van der Waals surface area contributed by atoms with Gasteiger partial charge in [-0.25, -0.2) is 0 Å². The molecule has 1 saturated carbocycles. The van der Waals surface area contributed by atoms with E-state index in [2.05, 4.69) is 17.4 Å². The normalized spacial score (nSPS) is 23.2. The third-order valence-electron chi connectivity index (χ3n) is 4.15. The summed E-state index contributed by atoms with van der Waals surface area (Å²) in [6, 6.07) is 0.275. The molecule has 110 valence electrons. The number of nitrogens with two attached hydrogens (primary N) is 1. The van der Waals surface area contributed by atoms with Crippen molar-refractivity contribution in [2.45, 2.75) is 65.3 Å². The van der Waals surface area contributed by atoms with Gasteiger partial charge in [0.1, 0.15) is 5.41 Å². The molecule has 0 heterocycles. The Kier molecular flexibility index (Phi) is 5.63. The Balaban J connectivity index is 2.84. The molecule has 5 heteroatoms. The summed E-state index contributed by atoms with van der Waals surface area (Å²) >= 11 is 0. The summed E-state index contributed by atoms with van der Waals surface area (Å²) < 4.78 is 0. The van der Waals surface area contributed by atoms with Crippen molar-refractivity contribution in [3.05, 3.63) is 0 Å². The van der Waals surface area contributed by atoms with Gasteiger partial charge < -0.3 is 16.3 Å². The molecule has 19 heavy (non-hydrogen) atoms. The summed E-state index contributed by atoms with van der Waals surface area (Å²) in [6.45, 7) is 6.15. The van der Waals surface area contributed by atoms with E-state index < -0.39 is 5.41 Å². The maximum absolute atomic E-state index is 12.6. The Morgan fingerprint density at radius 3 is 2.32 bits per heavy atom. The number of nitrogens with one attached hydrogen (secondary N) is 1. The van der Waals surface area contributed by atoms with Gasteiger partial charge in [-0.15, -0.1) is 0 Å². The van der Waals surface area contributed by atoms with Crippen LogP contribution in [-0.4, -0.2) is 23.0 Å². The molecule has 0 radical (unpaired) electrons. The maximum atomic E-state index is 12.6. The van der Waals surface area contributed by atoms with Gasteiger partial charge in [-0.05, 0) is 25.2 Å². The smallest absolute Gasteiger partial charge is 0.234 e. The van der Waals surface area contributed by atoms with Gasteiger partial charge in [0.25, 0.3) is 0 Å². The van der Waals surface area contributed by atoms with Gasteiger partial charge >= 0.3 is 0 Å². The summed E-state index contributed by atoms with van der Waals surface area (Å²) in [5.41, 5.74) is 4.98. The van der Waals surface area contributed by atoms with E-state index in [-0.39, 0.29) is 17.8 Å². The van der Waals surface area contributed by atoms with Gasteiger partial charge in [0.2, 0.25) is 5.91 Å². The number of hydrogen-bond donors (Lipinski definition) is 3. The monoisotopic (exact) mass is 269 g/mol. The zero-order valence-corrected chi connectivity index (χ0v) is 12.3. The van der Waals surface area contributed by atoms with Gasteiger partial charge in [-0.3, -0.25) is 4.79 Å². The molecule has 1 aliphatic rings. The van der Waals surface area contributed by atoms with Crippen molar-refractivity contribution in [2.75, 3.05) is 0 Å². The predicted molar refractivity (Wildman–Crippen MR) is 76.0 cm³/mol. The molecule has 0 aromatic heterocycles. The zero-order chi connectivity index (χ0) is 14.5. The van der Waals surface area contributed by atoms with Crippen LogP contribution in [0, 0.1) is 11.3 Å². The Morgan fingerprint density at radius 2 is 1.95 bits per heavy atom. The molecule has 1 amide bonds. The van der Waals surface area contributed by atoms with Gasteiger partial charge in [0, 0.05) is 6.04 Å². The van der Waals surface area contributed by atoms with Crippen LogP contribution < -0.4 is 11.1 Å². The van der Waals surface area contributed by atoms with Crippen molar-refractivity contribution in [1.82, 2.24) is 5.32 Å². The Morgan fingerprint density at radius 1 is 1.37 bits per heavy atom. The van der Waals surface area contributed by atoms with Crippen molar-refractivity contribution < 1.29 is 10.0 Å². The summed E-state index contributed by atoms with van der Waals surface area (Å²) in [5.74, 6) is 0.562. The van der Waals surface area contributed by atoms with E-state index >= 15 is 0 Å². The fraction of sp³-hybridized carbons (Fsp3) is 0.857. The lowest BCUT2D eigenvalue weighted by Crippen LogP contribution is -2.50. The molecule has 0 spiro atoms. The van der Waals surface area contributed by atoms with Crippen LogP contribution in [0.25, 0.3) is 0 Å². The van der Waals surface area contributed by atoms with E-state index in [1.165, 1.54) is 0 Å². The number of amidine groups is 1. The molecule has 1 aliphatic carbocycles. The van der Waals surface area contributed by atoms with E-state index in [0.29, 0.717) is 18.8 Å². The molecule has 1 rings (SSSR count). The molecule has 1 fully saturated rings. The Labute approximate surface area is 115 Å². The van der Waals surface area contributed by atoms with Crippen molar-refractivity contribution >= 4 is 11.7 Å². The minimum atomic E-state index is -0.848. The van der Waals surface area contributed by atoms with E-state index in [9.17, 15) is 4.79 Å². The highest BCUT2D eigenvalue weighted by molar-refractivity contribution is 6.06. The summed E-state index contributed by atoms with van der Waals surface area (Å²) in [7, 11) is 0. The second-order valence-electron chi connectivity index (χ2n) is 5.55. The average Bonchev–Trinajstić information content (AvgIpc) is 3.15. The van der Waals surface area contributed by atoms with E-state index in [1.54, 1.807) is 0 Å². The standard InChI is InChI=1S/C14H27N3O2/c1-4-7-14(8-5-2,12(15)17-19)13(18)16-11-9-10(11)6-3/h10-11,19H,4-9H2,1-3H3,(H2,15,17)(H,16,18). The van der Waals surface area contributed by atoms with Crippen LogP contribution in [0.4, 0.5) is 0 Å². The topological polar surface area (TPSA) is 87.7 Å². The minimum Gasteiger partial charge on any atom is -0.409 e. The second-order valence-corrected chi connectivity index (χ2v) is 5.55. The Bertz CT molecular complexity index is 336. The van der Waals surface area contributed by atoms with Crippen LogP contribution in [0.15, 0.2) is 5.16 Å². The van der Waals surface area contributed by atoms with Crippen molar-refractivity contribution in [2.24, 2.45) is 22.2 Å². The third kappa shape index (κ3) is 3.39. The van der Waals surface area contributed by atoms with Gasteiger partial charge in [-0.1, -0.05) is 45.2 Å². The second kappa shape index (κ2) is 6.78. The first kappa shape index (κ1) is 15.8. The van der Waals surface area contributed by atoms with Crippen LogP contribution in [-0.2, 0) is 4.79 Å². The lowest BCUT2D eigenvalue weighted by atomic mass is 9.77. The molecule has 4 N–H and O–H groups in total. The number of rotatable bonds is 8. The number of carbonyl (C=O) groups excluding carboxylic acids is 1. The highest BCUT2D eigenvalue weighted by Gasteiger charge is 2.45. The average molecular weight is 269 g/mol. The highest BCUT2D eigenvalue weighted by Crippen LogP contribution is 2.36. The van der Waals surface area contributed by atoms with Crippen LogP contribution >= 0.6 is 0 Å². The number of nitrogens with zero attached hydrogens (tertiary/aromatic N) is 1. The quantitative estimate of drug-likeness (QED) is 0.273. The summed E-state index contributed by atoms with van der Waals surface area (Å²) in [6.07, 6.45) is 5.02. The number of amides is 1. The highest BCUT2D eigenvalue weighted by atomic mass is 16.4. The molecule has 5 nitrogen and oxygen atoms in total. The van der Waals surface area contributed by atoms with Gasteiger partial charge in [0.15, 0.2) is 5.84 Å². The fourth-order valence-corrected chi connectivity index (χ4v) is 2.86. The molecule has 0 bridgehead atoms. The lowest BCUT2D eigenvalue weighted by molar-refractivity contribution is -0.128. The first-order valence-electron chi connectivity index (χ1n) is 7.34. The molecule has 2 unspecified atom stereocenters. The van der Waals surface area contributed by atoms with E-state index in [4.69, 9.17) is 10.9 Å². The van der Waals surface area contributed by atoms with Crippen molar-refractivity contribution in [3.8, 4) is 0 Å². The molecule has 2 atom stereocenters. The van der Waals surface area contributed by atoms with E-state index in [0.717, 1.165) is 25.7 Å². The lowest BCUT2D eigenvalue weighted by Gasteiger charge is -2.30. The number of hydrogen-bond acceptors (Lipinski definition) is 3. The van der Waals surface area contributed by atoms with Crippen LogP contribution in [0.2, 0.25) is 0 Å². The SMILES string of the molecule is CCCC(CCC)(C(=O)NC1CC1CC)C(N)=NO. The van der Waals surface area contributed by atoms with Crippen LogP contribution in [0.1, 0.15) is 59.3 Å². The van der Waals surface area contributed by atoms with Crippen LogP contribution in [0.3, 0.4) is 0 Å². The van der Waals surface area contributed by atoms with Gasteiger partial charge in [-0.2, -0.15) is 0 Å². The summed E-state index contributed by atoms with van der Waals surface area (Å²) in [5, 5.41) is 15.2. The fourth-order valence-electron chi connectivity index (χ4n) is 2.86. The minimum absolute atomic E-state index is 0.0439. The number of oxime groups is 1. The Hall–Kier alpha value is -1.26.